The van der Waals surface area contributed by atoms with Gasteiger partial charge in [0.1, 0.15) is 6.61 Å². The molecule has 13 heavy (non-hydrogen) atoms. The summed E-state index contributed by atoms with van der Waals surface area (Å²) in [7, 11) is 0. The molecule has 0 atom stereocenters. The van der Waals surface area contributed by atoms with Gasteiger partial charge in [0.15, 0.2) is 0 Å². The second-order valence-corrected chi connectivity index (χ2v) is 2.04. The number of carbonyl (C=O) groups is 1. The van der Waals surface area contributed by atoms with Gasteiger partial charge in [0.2, 0.25) is 5.96 Å². The van der Waals surface area contributed by atoms with E-state index in [4.69, 9.17) is 15.8 Å². The number of nitrogens with one attached hydrogen (secondary N) is 3. The maximum absolute atomic E-state index is 10.3. The van der Waals surface area contributed by atoms with Gasteiger partial charge in [-0.2, -0.15) is 0 Å². The van der Waals surface area contributed by atoms with Crippen molar-refractivity contribution in [2.24, 2.45) is 0 Å². The Labute approximate surface area is 74.5 Å². The van der Waals surface area contributed by atoms with E-state index >= 15 is 0 Å². The Morgan fingerprint density at radius 3 is 2.69 bits per heavy atom. The summed E-state index contributed by atoms with van der Waals surface area (Å²) < 4.78 is 4.53. The summed E-state index contributed by atoms with van der Waals surface area (Å²) in [6, 6.07) is 0. The van der Waals surface area contributed by atoms with Crippen LogP contribution in [0.4, 0.5) is 0 Å². The van der Waals surface area contributed by atoms with Crippen molar-refractivity contribution in [2.45, 2.75) is 6.92 Å². The Bertz CT molecular complexity index is 183. The first-order valence-electron chi connectivity index (χ1n) is 3.42. The number of carbonyl (C=O) groups excluding carboxylic acids is 1. The molecule has 0 aromatic carbocycles. The molecule has 76 valence electrons. The Morgan fingerprint density at radius 1 is 1.62 bits per heavy atom. The molecule has 5 N–H and O–H groups in total. The predicted octanol–water partition coefficient (Wildman–Crippen LogP) is -1.34. The molecule has 0 fully saturated rings. The fourth-order valence-corrected chi connectivity index (χ4v) is 0.510. The highest BCUT2D eigenvalue weighted by atomic mass is 16.8. The highest BCUT2D eigenvalue weighted by Gasteiger charge is 1.98. The smallest absolute Gasteiger partial charge is 0.302 e. The molecular weight excluding hydrogens is 180 g/mol. The first-order valence-corrected chi connectivity index (χ1v) is 3.42. The van der Waals surface area contributed by atoms with E-state index in [1.807, 2.05) is 5.43 Å². The zero-order chi connectivity index (χ0) is 10.3. The summed E-state index contributed by atoms with van der Waals surface area (Å²) in [5.41, 5.74) is 1.81. The van der Waals surface area contributed by atoms with E-state index in [1.54, 1.807) is 0 Å². The lowest BCUT2D eigenvalue weighted by atomic mass is 10.6. The van der Waals surface area contributed by atoms with Gasteiger partial charge in [-0.15, -0.1) is 0 Å². The van der Waals surface area contributed by atoms with Gasteiger partial charge in [0, 0.05) is 12.3 Å². The second kappa shape index (κ2) is 6.17. The van der Waals surface area contributed by atoms with Gasteiger partial charge in [-0.1, -0.05) is 0 Å². The maximum atomic E-state index is 10.3. The van der Waals surface area contributed by atoms with Crippen LogP contribution in [0.25, 0.3) is 0 Å². The topological polar surface area (TPSA) is 118 Å². The summed E-state index contributed by atoms with van der Waals surface area (Å²) in [5.74, 6) is -0.732. The molecule has 0 radical (unpaired) electrons. The lowest BCUT2D eigenvalue weighted by molar-refractivity contribution is -0.330. The minimum absolute atomic E-state index is 0.107. The lowest BCUT2D eigenvalue weighted by Crippen LogP contribution is -2.45. The fourth-order valence-electron chi connectivity index (χ4n) is 0.510. The first-order chi connectivity index (χ1) is 6.02. The van der Waals surface area contributed by atoms with Crippen molar-refractivity contribution < 1.29 is 19.9 Å². The number of hydrazine groups is 1. The normalized spacial score (nSPS) is 9.54. The highest BCUT2D eigenvalue weighted by molar-refractivity contribution is 5.75. The number of rotatable bonds is 4. The van der Waals surface area contributed by atoms with Gasteiger partial charge in [0.05, 0.1) is 6.54 Å². The SMILES string of the molecule is CC(=O)OCCNC(=N)NN(O)O. The molecule has 8 nitrogen and oxygen atoms in total. The van der Waals surface area contributed by atoms with Crippen molar-refractivity contribution in [3.63, 3.8) is 0 Å². The van der Waals surface area contributed by atoms with E-state index in [2.05, 4.69) is 10.1 Å². The number of nitrogens with zero attached hydrogens (tertiary/aromatic N) is 1. The van der Waals surface area contributed by atoms with Crippen LogP contribution in [0.3, 0.4) is 0 Å². The number of hydrogen-bond acceptors (Lipinski definition) is 6. The Hall–Kier alpha value is -1.38. The Kier molecular flexibility index (Phi) is 5.52. The lowest BCUT2D eigenvalue weighted by Gasteiger charge is -2.11. The third-order valence-corrected chi connectivity index (χ3v) is 0.921. The van der Waals surface area contributed by atoms with Crippen molar-refractivity contribution in [1.29, 1.82) is 5.41 Å². The molecule has 0 spiro atoms. The van der Waals surface area contributed by atoms with Crippen molar-refractivity contribution in [3.05, 3.63) is 0 Å². The van der Waals surface area contributed by atoms with Gasteiger partial charge in [-0.3, -0.25) is 20.6 Å². The van der Waals surface area contributed by atoms with E-state index in [0.29, 0.717) is 0 Å². The molecule has 0 rings (SSSR count). The van der Waals surface area contributed by atoms with Crippen LogP contribution in [-0.2, 0) is 9.53 Å². The van der Waals surface area contributed by atoms with Gasteiger partial charge in [-0.25, -0.2) is 5.43 Å². The summed E-state index contributed by atoms with van der Waals surface area (Å²) >= 11 is 0. The molecule has 0 unspecified atom stereocenters. The summed E-state index contributed by atoms with van der Waals surface area (Å²) in [5, 5.41) is 25.4. The average Bonchev–Trinajstić information content (AvgIpc) is 1.96. The Balaban J connectivity index is 3.32. The van der Waals surface area contributed by atoms with E-state index in [-0.39, 0.29) is 24.4 Å². The van der Waals surface area contributed by atoms with Crippen LogP contribution < -0.4 is 10.7 Å². The minimum atomic E-state index is -0.410. The van der Waals surface area contributed by atoms with Crippen LogP contribution in [-0.4, -0.2) is 40.8 Å². The maximum Gasteiger partial charge on any atom is 0.302 e. The van der Waals surface area contributed by atoms with Gasteiger partial charge in [0.25, 0.3) is 0 Å². The van der Waals surface area contributed by atoms with Crippen LogP contribution in [0.2, 0.25) is 0 Å². The zero-order valence-electron chi connectivity index (χ0n) is 7.07. The predicted molar refractivity (Wildman–Crippen MR) is 40.9 cm³/mol. The Morgan fingerprint density at radius 2 is 2.23 bits per heavy atom. The molecule has 8 heteroatoms. The zero-order valence-corrected chi connectivity index (χ0v) is 7.07. The first kappa shape index (κ1) is 11.6. The standard InChI is InChI=1S/C5H12N4O4/c1-4(10)13-3-2-7-5(6)8-9(11)12/h11-12H,2-3H2,1H3,(H3,6,7,8). The molecule has 0 saturated heterocycles. The van der Waals surface area contributed by atoms with Crippen LogP contribution in [0.5, 0.6) is 0 Å². The van der Waals surface area contributed by atoms with Crippen LogP contribution in [0.1, 0.15) is 6.92 Å². The van der Waals surface area contributed by atoms with E-state index in [0.717, 1.165) is 0 Å². The van der Waals surface area contributed by atoms with Gasteiger partial charge < -0.3 is 10.1 Å². The molecule has 0 amide bonds. The molecule has 0 aromatic heterocycles. The summed E-state index contributed by atoms with van der Waals surface area (Å²) in [6.45, 7) is 1.59. The van der Waals surface area contributed by atoms with E-state index in [9.17, 15) is 4.79 Å². The monoisotopic (exact) mass is 192 g/mol. The fraction of sp³-hybridized carbons (Fsp3) is 0.600. The van der Waals surface area contributed by atoms with Crippen molar-refractivity contribution in [1.82, 2.24) is 16.1 Å². The van der Waals surface area contributed by atoms with Crippen LogP contribution in [0, 0.1) is 5.41 Å². The highest BCUT2D eigenvalue weighted by Crippen LogP contribution is 1.73. The molecule has 0 aliphatic rings. The quantitative estimate of drug-likeness (QED) is 0.123. The number of esters is 1. The third kappa shape index (κ3) is 8.53. The number of ether oxygens (including phenoxy) is 1. The molecule has 0 aliphatic heterocycles. The number of guanidine groups is 1. The summed E-state index contributed by atoms with van der Waals surface area (Å²) in [4.78, 5) is 10.3. The van der Waals surface area contributed by atoms with Crippen LogP contribution >= 0.6 is 0 Å². The molecular formula is C5H12N4O4. The summed E-state index contributed by atoms with van der Waals surface area (Å²) in [6.07, 6.45) is 0. The van der Waals surface area contributed by atoms with Crippen molar-refractivity contribution in [3.8, 4) is 0 Å². The van der Waals surface area contributed by atoms with E-state index in [1.165, 1.54) is 6.92 Å². The van der Waals surface area contributed by atoms with Gasteiger partial charge in [-0.05, 0) is 0 Å². The van der Waals surface area contributed by atoms with E-state index < -0.39 is 5.97 Å². The molecule has 0 heterocycles. The van der Waals surface area contributed by atoms with Crippen molar-refractivity contribution in [2.75, 3.05) is 13.2 Å². The minimum Gasteiger partial charge on any atom is -0.464 e. The molecule has 0 aliphatic carbocycles. The molecule has 0 bridgehead atoms. The molecule has 0 aromatic rings. The van der Waals surface area contributed by atoms with Crippen molar-refractivity contribution >= 4 is 11.9 Å². The second-order valence-electron chi connectivity index (χ2n) is 2.04. The average molecular weight is 192 g/mol. The largest absolute Gasteiger partial charge is 0.464 e. The van der Waals surface area contributed by atoms with Crippen LogP contribution in [0.15, 0.2) is 0 Å². The number of hydrogen-bond donors (Lipinski definition) is 5. The molecule has 0 saturated carbocycles. The van der Waals surface area contributed by atoms with Gasteiger partial charge >= 0.3 is 5.97 Å². The third-order valence-electron chi connectivity index (χ3n) is 0.921.